The normalized spacial score (nSPS) is 20.1. The van der Waals surface area contributed by atoms with E-state index in [1.807, 2.05) is 4.90 Å². The summed E-state index contributed by atoms with van der Waals surface area (Å²) in [6.45, 7) is 1.25. The molecule has 1 aliphatic rings. The van der Waals surface area contributed by atoms with Crippen LogP contribution in [-0.2, 0) is 0 Å². The van der Waals surface area contributed by atoms with Crippen LogP contribution >= 0.6 is 0 Å². The Morgan fingerprint density at radius 3 is 1.82 bits per heavy atom. The molecule has 0 saturated carbocycles. The van der Waals surface area contributed by atoms with E-state index in [0.29, 0.717) is 32.7 Å². The van der Waals surface area contributed by atoms with Crippen LogP contribution in [0.15, 0.2) is 0 Å². The fourth-order valence-electron chi connectivity index (χ4n) is 1.97. The molecule has 1 N–H and O–H groups in total. The maximum absolute atomic E-state index is 12.2. The predicted molar refractivity (Wildman–Crippen MR) is 58.3 cm³/mol. The Bertz CT molecular complexity index is 203. The maximum Gasteiger partial charge on any atom is 1.00 e. The molecule has 1 heterocycles. The fraction of sp³-hybridized carbons (Fsp3) is 1.00. The molecule has 0 bridgehead atoms. The van der Waals surface area contributed by atoms with Gasteiger partial charge in [0.15, 0.2) is 0 Å². The van der Waals surface area contributed by atoms with Gasteiger partial charge in [-0.1, -0.05) is 0 Å². The quantitative estimate of drug-likeness (QED) is 0.589. The molecule has 0 atom stereocenters. The van der Waals surface area contributed by atoms with Crippen LogP contribution in [-0.4, -0.2) is 66.7 Å². The number of hydrogen-bond donors (Lipinski definition) is 1. The van der Waals surface area contributed by atoms with Gasteiger partial charge in [-0.05, 0) is 20.3 Å². The van der Waals surface area contributed by atoms with Crippen LogP contribution in [0.25, 0.3) is 0 Å². The molecule has 8 heteroatoms. The van der Waals surface area contributed by atoms with Crippen molar-refractivity contribution in [2.75, 3.05) is 39.2 Å². The zero-order valence-electron chi connectivity index (χ0n) is 10.8. The molecule has 0 aromatic rings. The second kappa shape index (κ2) is 7.23. The number of rotatable bonds is 4. The molecule has 0 unspecified atom stereocenters. The van der Waals surface area contributed by atoms with Crippen molar-refractivity contribution in [3.8, 4) is 0 Å². The van der Waals surface area contributed by atoms with Gasteiger partial charge in [-0.25, -0.2) is 0 Å². The summed E-state index contributed by atoms with van der Waals surface area (Å²) in [7, 11) is 0. The smallest absolute Gasteiger partial charge is 0.448 e. The van der Waals surface area contributed by atoms with E-state index in [-0.39, 0.29) is 51.4 Å². The molecule has 17 heavy (non-hydrogen) atoms. The minimum Gasteiger partial charge on any atom is -0.448 e. The fourth-order valence-corrected chi connectivity index (χ4v) is 1.97. The Labute approximate surface area is 143 Å². The van der Waals surface area contributed by atoms with Crippen LogP contribution in [0.5, 0.6) is 0 Å². The molecule has 1 rings (SSSR count). The van der Waals surface area contributed by atoms with Gasteiger partial charge in [0.05, 0.1) is 5.60 Å². The molecule has 96 valence electrons. The third-order valence-corrected chi connectivity index (χ3v) is 2.54. The summed E-state index contributed by atoms with van der Waals surface area (Å²) in [4.78, 5) is 3.43. The molecule has 1 fully saturated rings. The Kier molecular flexibility index (Phi) is 7.82. The van der Waals surface area contributed by atoms with Crippen molar-refractivity contribution in [1.29, 1.82) is 0 Å². The Hall–Kier alpha value is 1.37. The van der Waals surface area contributed by atoms with Crippen LogP contribution < -0.4 is 51.4 Å². The van der Waals surface area contributed by atoms with E-state index in [1.165, 1.54) is 4.90 Å². The standard InChI is InChI=1S/C9H19BF3N2O.K/c1-9(2,16)7-14-3-5-15(6-4-14)8-10(11,12)13;/h16H,3-8H2,1-2H3;/q-1;+1. The summed E-state index contributed by atoms with van der Waals surface area (Å²) in [5.74, 6) is 0. The molecular formula is C9H19BF3KN2O. The number of piperazine rings is 1. The topological polar surface area (TPSA) is 26.7 Å². The Balaban J connectivity index is 0.00000256. The first-order valence-electron chi connectivity index (χ1n) is 5.54. The largest absolute Gasteiger partial charge is 1.00 e. The second-order valence-corrected chi connectivity index (χ2v) is 5.10. The van der Waals surface area contributed by atoms with E-state index in [9.17, 15) is 18.1 Å². The van der Waals surface area contributed by atoms with Crippen LogP contribution in [0, 0.1) is 0 Å². The molecule has 0 aliphatic carbocycles. The van der Waals surface area contributed by atoms with E-state index in [0.717, 1.165) is 0 Å². The molecule has 0 radical (unpaired) electrons. The van der Waals surface area contributed by atoms with Gasteiger partial charge in [0.25, 0.3) is 0 Å². The van der Waals surface area contributed by atoms with Crippen molar-refractivity contribution in [3.05, 3.63) is 0 Å². The van der Waals surface area contributed by atoms with Crippen molar-refractivity contribution < 1.29 is 69.4 Å². The third kappa shape index (κ3) is 8.99. The minimum absolute atomic E-state index is 0. The average Bonchev–Trinajstić information content (AvgIpc) is 2.03. The molecule has 0 amide bonds. The van der Waals surface area contributed by atoms with Crippen molar-refractivity contribution >= 4 is 6.98 Å². The summed E-state index contributed by atoms with van der Waals surface area (Å²) in [6.07, 6.45) is -0.768. The molecule has 0 aromatic heterocycles. The first-order chi connectivity index (χ1) is 7.16. The number of halogens is 3. The molecule has 3 nitrogen and oxygen atoms in total. The number of nitrogens with zero attached hydrogens (tertiary/aromatic N) is 2. The van der Waals surface area contributed by atoms with E-state index >= 15 is 0 Å². The van der Waals surface area contributed by atoms with Gasteiger partial charge in [0.2, 0.25) is 0 Å². The Morgan fingerprint density at radius 2 is 1.47 bits per heavy atom. The first-order valence-corrected chi connectivity index (χ1v) is 5.54. The monoisotopic (exact) mass is 278 g/mol. The number of aliphatic hydroxyl groups is 1. The van der Waals surface area contributed by atoms with E-state index < -0.39 is 19.0 Å². The molecule has 0 spiro atoms. The van der Waals surface area contributed by atoms with Gasteiger partial charge in [0, 0.05) is 32.7 Å². The maximum atomic E-state index is 12.2. The van der Waals surface area contributed by atoms with Crippen LogP contribution in [0.1, 0.15) is 13.8 Å². The summed E-state index contributed by atoms with van der Waals surface area (Å²) in [5, 5.41) is 9.59. The zero-order chi connectivity index (χ0) is 12.4. The van der Waals surface area contributed by atoms with Crippen LogP contribution in [0.2, 0.25) is 0 Å². The summed E-state index contributed by atoms with van der Waals surface area (Å²) in [5.41, 5.74) is -0.782. The van der Waals surface area contributed by atoms with Crippen LogP contribution in [0.4, 0.5) is 12.9 Å². The van der Waals surface area contributed by atoms with Gasteiger partial charge in [-0.2, -0.15) is 0 Å². The van der Waals surface area contributed by atoms with Gasteiger partial charge in [0.1, 0.15) is 0 Å². The summed E-state index contributed by atoms with van der Waals surface area (Å²) >= 11 is 0. The average molecular weight is 278 g/mol. The summed E-state index contributed by atoms with van der Waals surface area (Å²) < 4.78 is 36.5. The minimum atomic E-state index is -4.72. The molecule has 0 aromatic carbocycles. The van der Waals surface area contributed by atoms with Gasteiger partial charge in [-0.15, -0.1) is 0 Å². The van der Waals surface area contributed by atoms with Gasteiger partial charge >= 0.3 is 58.4 Å². The zero-order valence-corrected chi connectivity index (χ0v) is 13.9. The molecule has 1 saturated heterocycles. The Morgan fingerprint density at radius 1 is 1.06 bits per heavy atom. The summed E-state index contributed by atoms with van der Waals surface area (Å²) in [6, 6.07) is 0. The van der Waals surface area contributed by atoms with Crippen molar-refractivity contribution in [2.24, 2.45) is 0 Å². The van der Waals surface area contributed by atoms with Crippen molar-refractivity contribution in [3.63, 3.8) is 0 Å². The van der Waals surface area contributed by atoms with Gasteiger partial charge < -0.3 is 23.0 Å². The van der Waals surface area contributed by atoms with Crippen LogP contribution in [0.3, 0.4) is 0 Å². The second-order valence-electron chi connectivity index (χ2n) is 5.10. The van der Waals surface area contributed by atoms with E-state index in [1.54, 1.807) is 13.8 Å². The number of hydrogen-bond acceptors (Lipinski definition) is 3. The SMILES string of the molecule is CC(C)(O)CN1CCN(C[B-](F)(F)F)CC1.[K+]. The van der Waals surface area contributed by atoms with Gasteiger partial charge in [-0.3, -0.25) is 4.90 Å². The molecule has 1 aliphatic heterocycles. The van der Waals surface area contributed by atoms with Crippen molar-refractivity contribution in [2.45, 2.75) is 19.4 Å². The third-order valence-electron chi connectivity index (χ3n) is 2.54. The number of β-amino-alcohol motifs (C(OH)–C–C–N with tert-alkyl or cyclic N) is 1. The van der Waals surface area contributed by atoms with Crippen molar-refractivity contribution in [1.82, 2.24) is 9.80 Å². The first kappa shape index (κ1) is 18.4. The molecular weight excluding hydrogens is 259 g/mol. The predicted octanol–water partition coefficient (Wildman–Crippen LogP) is -2.23. The van der Waals surface area contributed by atoms with E-state index in [2.05, 4.69) is 0 Å². The van der Waals surface area contributed by atoms with E-state index in [4.69, 9.17) is 0 Å².